The molecular formula is C20H26ClN3O5S. The normalized spacial score (nSPS) is 17.9. The van der Waals surface area contributed by atoms with Crippen molar-refractivity contribution in [3.05, 3.63) is 22.7 Å². The Balaban J connectivity index is 1.84. The minimum atomic E-state index is -3.96. The lowest BCUT2D eigenvalue weighted by atomic mass is 10.0. The zero-order chi connectivity index (χ0) is 22.1. The molecule has 0 aromatic heterocycles. The monoisotopic (exact) mass is 455 g/mol. The van der Waals surface area contributed by atoms with E-state index in [2.05, 4.69) is 9.71 Å². The number of halogens is 1. The molecule has 2 heterocycles. The Morgan fingerprint density at radius 3 is 2.70 bits per heavy atom. The molecule has 0 atom stereocenters. The molecule has 8 nitrogen and oxygen atoms in total. The lowest BCUT2D eigenvalue weighted by Crippen LogP contribution is -2.44. The summed E-state index contributed by atoms with van der Waals surface area (Å²) in [5.74, 6) is -0.814. The van der Waals surface area contributed by atoms with Gasteiger partial charge in [0, 0.05) is 18.5 Å². The Bertz CT molecular complexity index is 1000. The SMILES string of the molecule is CCC(C)(C)NC(=O)COC(=O)c1cc2c(cc1Cl)N1CCCCCC1=NS2(=O)=O. The maximum Gasteiger partial charge on any atom is 0.340 e. The number of fused-ring (bicyclic) bond motifs is 3. The number of benzene rings is 1. The zero-order valence-electron chi connectivity index (χ0n) is 17.3. The highest BCUT2D eigenvalue weighted by atomic mass is 35.5. The first-order valence-electron chi connectivity index (χ1n) is 9.97. The van der Waals surface area contributed by atoms with Gasteiger partial charge >= 0.3 is 5.97 Å². The van der Waals surface area contributed by atoms with E-state index in [1.165, 1.54) is 12.1 Å². The van der Waals surface area contributed by atoms with Crippen LogP contribution in [0.25, 0.3) is 0 Å². The van der Waals surface area contributed by atoms with Crippen molar-refractivity contribution in [2.45, 2.75) is 63.3 Å². The first kappa shape index (κ1) is 22.6. The molecular weight excluding hydrogens is 430 g/mol. The van der Waals surface area contributed by atoms with Gasteiger partial charge in [0.25, 0.3) is 15.9 Å². The number of hydrogen-bond donors (Lipinski definition) is 1. The molecule has 1 aromatic rings. The van der Waals surface area contributed by atoms with E-state index in [1.807, 2.05) is 25.7 Å². The van der Waals surface area contributed by atoms with Crippen LogP contribution < -0.4 is 10.2 Å². The van der Waals surface area contributed by atoms with E-state index in [9.17, 15) is 18.0 Å². The minimum Gasteiger partial charge on any atom is -0.452 e. The number of esters is 1. The van der Waals surface area contributed by atoms with E-state index in [1.54, 1.807) is 0 Å². The fraction of sp³-hybridized carbons (Fsp3) is 0.550. The van der Waals surface area contributed by atoms with Crippen molar-refractivity contribution in [1.82, 2.24) is 5.32 Å². The van der Waals surface area contributed by atoms with Crippen LogP contribution in [0.2, 0.25) is 5.02 Å². The van der Waals surface area contributed by atoms with Gasteiger partial charge in [-0.2, -0.15) is 8.42 Å². The van der Waals surface area contributed by atoms with E-state index >= 15 is 0 Å². The van der Waals surface area contributed by atoms with E-state index in [0.717, 1.165) is 19.3 Å². The molecule has 0 bridgehead atoms. The second-order valence-corrected chi connectivity index (χ2v) is 10.1. The van der Waals surface area contributed by atoms with Gasteiger partial charge in [0.1, 0.15) is 10.7 Å². The van der Waals surface area contributed by atoms with Crippen LogP contribution in [0.5, 0.6) is 0 Å². The summed E-state index contributed by atoms with van der Waals surface area (Å²) in [6.07, 6.45) is 4.04. The number of ether oxygens (including phenoxy) is 1. The number of rotatable bonds is 5. The highest BCUT2D eigenvalue weighted by molar-refractivity contribution is 7.90. The fourth-order valence-corrected chi connectivity index (χ4v) is 4.86. The summed E-state index contributed by atoms with van der Waals surface area (Å²) < 4.78 is 34.4. The number of carbonyl (C=O) groups excluding carboxylic acids is 2. The molecule has 2 aliphatic rings. The summed E-state index contributed by atoms with van der Waals surface area (Å²) >= 11 is 6.30. The van der Waals surface area contributed by atoms with Crippen molar-refractivity contribution in [3.63, 3.8) is 0 Å². The predicted molar refractivity (Wildman–Crippen MR) is 115 cm³/mol. The van der Waals surface area contributed by atoms with Crippen LogP contribution in [0.4, 0.5) is 5.69 Å². The highest BCUT2D eigenvalue weighted by Crippen LogP contribution is 2.38. The molecule has 0 unspecified atom stereocenters. The van der Waals surface area contributed by atoms with Crippen molar-refractivity contribution in [1.29, 1.82) is 0 Å². The highest BCUT2D eigenvalue weighted by Gasteiger charge is 2.33. The molecule has 2 aliphatic heterocycles. The van der Waals surface area contributed by atoms with Crippen LogP contribution in [-0.2, 0) is 19.6 Å². The van der Waals surface area contributed by atoms with Crippen LogP contribution in [0.15, 0.2) is 21.4 Å². The summed E-state index contributed by atoms with van der Waals surface area (Å²) in [6, 6.07) is 2.65. The molecule has 1 amide bonds. The largest absolute Gasteiger partial charge is 0.452 e. The van der Waals surface area contributed by atoms with E-state index in [4.69, 9.17) is 16.3 Å². The molecule has 1 saturated heterocycles. The number of amidine groups is 1. The number of hydrogen-bond acceptors (Lipinski definition) is 6. The third-order valence-electron chi connectivity index (χ3n) is 5.35. The number of nitrogens with zero attached hydrogens (tertiary/aromatic N) is 2. The summed E-state index contributed by atoms with van der Waals surface area (Å²) in [7, 11) is -3.96. The van der Waals surface area contributed by atoms with Crippen molar-refractivity contribution in [3.8, 4) is 0 Å². The average molecular weight is 456 g/mol. The maximum atomic E-state index is 12.7. The van der Waals surface area contributed by atoms with Crippen molar-refractivity contribution < 1.29 is 22.7 Å². The quantitative estimate of drug-likeness (QED) is 0.683. The van der Waals surface area contributed by atoms with Gasteiger partial charge in [0.2, 0.25) is 0 Å². The molecule has 1 aromatic carbocycles. The molecule has 0 aliphatic carbocycles. The molecule has 1 fully saturated rings. The number of sulfonamides is 1. The smallest absolute Gasteiger partial charge is 0.340 e. The molecule has 0 spiro atoms. The second kappa shape index (κ2) is 8.55. The fourth-order valence-electron chi connectivity index (χ4n) is 3.36. The minimum absolute atomic E-state index is 0.0637. The molecule has 0 radical (unpaired) electrons. The van der Waals surface area contributed by atoms with Crippen LogP contribution in [0.1, 0.15) is 63.2 Å². The summed E-state index contributed by atoms with van der Waals surface area (Å²) in [4.78, 5) is 26.3. The summed E-state index contributed by atoms with van der Waals surface area (Å²) in [6.45, 7) is 5.79. The van der Waals surface area contributed by atoms with E-state index in [-0.39, 0.29) is 15.5 Å². The summed E-state index contributed by atoms with van der Waals surface area (Å²) in [5, 5.41) is 2.82. The molecule has 0 saturated carbocycles. The van der Waals surface area contributed by atoms with Crippen LogP contribution in [0.3, 0.4) is 0 Å². The third-order valence-corrected chi connectivity index (χ3v) is 7.00. The van der Waals surface area contributed by atoms with Gasteiger partial charge < -0.3 is 15.0 Å². The van der Waals surface area contributed by atoms with E-state index < -0.39 is 34.0 Å². The van der Waals surface area contributed by atoms with Gasteiger partial charge in [0.15, 0.2) is 6.61 Å². The second-order valence-electron chi connectivity index (χ2n) is 8.11. The first-order chi connectivity index (χ1) is 14.0. The first-order valence-corrected chi connectivity index (χ1v) is 11.8. The predicted octanol–water partition coefficient (Wildman–Crippen LogP) is 3.28. The van der Waals surface area contributed by atoms with Gasteiger partial charge in [-0.1, -0.05) is 24.9 Å². The van der Waals surface area contributed by atoms with Gasteiger partial charge in [-0.3, -0.25) is 4.79 Å². The summed E-state index contributed by atoms with van der Waals surface area (Å²) in [5.41, 5.74) is -0.120. The Morgan fingerprint density at radius 1 is 1.27 bits per heavy atom. The zero-order valence-corrected chi connectivity index (χ0v) is 18.9. The van der Waals surface area contributed by atoms with Crippen molar-refractivity contribution in [2.75, 3.05) is 18.1 Å². The Kier molecular flexibility index (Phi) is 6.43. The van der Waals surface area contributed by atoms with Crippen molar-refractivity contribution >= 4 is 45.0 Å². The van der Waals surface area contributed by atoms with E-state index in [0.29, 0.717) is 30.9 Å². The number of nitrogens with one attached hydrogen (secondary N) is 1. The Hall–Kier alpha value is -2.13. The molecule has 1 N–H and O–H groups in total. The van der Waals surface area contributed by atoms with Gasteiger partial charge in [-0.15, -0.1) is 4.40 Å². The van der Waals surface area contributed by atoms with Gasteiger partial charge in [0.05, 0.1) is 16.3 Å². The van der Waals surface area contributed by atoms with Gasteiger partial charge in [-0.25, -0.2) is 4.79 Å². The van der Waals surface area contributed by atoms with Gasteiger partial charge in [-0.05, 0) is 45.2 Å². The van der Waals surface area contributed by atoms with Crippen molar-refractivity contribution in [2.24, 2.45) is 4.40 Å². The number of amides is 1. The average Bonchev–Trinajstić information content (AvgIpc) is 2.90. The lowest BCUT2D eigenvalue weighted by molar-refractivity contribution is -0.125. The lowest BCUT2D eigenvalue weighted by Gasteiger charge is -2.30. The molecule has 3 rings (SSSR count). The number of carbonyl (C=O) groups is 2. The standard InChI is InChI=1S/C20H26ClN3O5S/c1-4-20(2,3)22-18(25)12-29-19(26)13-10-16-15(11-14(13)21)24-9-7-5-6-8-17(24)23-30(16,27)28/h10-11H,4-9,12H2,1-3H3,(H,22,25). The van der Waals surface area contributed by atoms with Crippen LogP contribution >= 0.6 is 11.6 Å². The third kappa shape index (κ3) is 4.78. The van der Waals surface area contributed by atoms with Crippen LogP contribution in [0, 0.1) is 0 Å². The maximum absolute atomic E-state index is 12.7. The molecule has 10 heteroatoms. The Labute approximate surface area is 181 Å². The topological polar surface area (TPSA) is 105 Å². The Morgan fingerprint density at radius 2 is 2.00 bits per heavy atom. The molecule has 164 valence electrons. The van der Waals surface area contributed by atoms with Crippen LogP contribution in [-0.4, -0.2) is 44.8 Å². The number of anilines is 1. The molecule has 30 heavy (non-hydrogen) atoms.